The Morgan fingerprint density at radius 3 is 2.71 bits per heavy atom. The van der Waals surface area contributed by atoms with E-state index in [9.17, 15) is 4.79 Å². The van der Waals surface area contributed by atoms with Crippen LogP contribution in [0.2, 0.25) is 0 Å². The van der Waals surface area contributed by atoms with E-state index in [1.165, 1.54) is 0 Å². The van der Waals surface area contributed by atoms with E-state index in [1.807, 2.05) is 24.3 Å². The number of thiocarbonyl (C=S) groups is 1. The number of ether oxygens (including phenoxy) is 1. The highest BCUT2D eigenvalue weighted by molar-refractivity contribution is 7.80. The molecule has 2 rings (SSSR count). The molecule has 1 aromatic heterocycles. The van der Waals surface area contributed by atoms with Crippen molar-refractivity contribution in [2.24, 2.45) is 5.73 Å². The molecular weight excluding hydrogens is 286 g/mol. The first-order valence-electron chi connectivity index (χ1n) is 6.74. The molecule has 6 heteroatoms. The third-order valence-electron chi connectivity index (χ3n) is 2.99. The Kier molecular flexibility index (Phi) is 5.05. The standard InChI is InChI=1S/C15H17N3O2S/c1-2-3-8-20-11-6-4-10(5-7-11)13-9-12(14(16)21)15(19)18-17-13/h4-7,9H,2-3,8H2,1H3,(H2,16,21)(H,18,19). The topological polar surface area (TPSA) is 81.0 Å². The van der Waals surface area contributed by atoms with E-state index < -0.39 is 0 Å². The maximum absolute atomic E-state index is 11.5. The lowest BCUT2D eigenvalue weighted by atomic mass is 10.1. The summed E-state index contributed by atoms with van der Waals surface area (Å²) >= 11 is 4.85. The van der Waals surface area contributed by atoms with Gasteiger partial charge in [0.15, 0.2) is 0 Å². The Labute approximate surface area is 128 Å². The Hall–Kier alpha value is -2.21. The van der Waals surface area contributed by atoms with Crippen LogP contribution in [0.25, 0.3) is 11.3 Å². The molecule has 0 aliphatic heterocycles. The average Bonchev–Trinajstić information content (AvgIpc) is 2.48. The van der Waals surface area contributed by atoms with Gasteiger partial charge in [-0.05, 0) is 36.8 Å². The smallest absolute Gasteiger partial charge is 0.274 e. The van der Waals surface area contributed by atoms with Crippen molar-refractivity contribution in [3.63, 3.8) is 0 Å². The number of nitrogens with two attached hydrogens (primary N) is 1. The molecule has 21 heavy (non-hydrogen) atoms. The Bertz CT molecular complexity index is 680. The van der Waals surface area contributed by atoms with Crippen molar-refractivity contribution in [1.29, 1.82) is 0 Å². The van der Waals surface area contributed by atoms with Crippen LogP contribution in [0.15, 0.2) is 35.1 Å². The number of aromatic amines is 1. The predicted molar refractivity (Wildman–Crippen MR) is 86.6 cm³/mol. The summed E-state index contributed by atoms with van der Waals surface area (Å²) in [6.07, 6.45) is 2.13. The van der Waals surface area contributed by atoms with Crippen molar-refractivity contribution in [1.82, 2.24) is 10.2 Å². The fraction of sp³-hybridized carbons (Fsp3) is 0.267. The van der Waals surface area contributed by atoms with Crippen LogP contribution >= 0.6 is 12.2 Å². The van der Waals surface area contributed by atoms with Crippen LogP contribution in [-0.4, -0.2) is 21.8 Å². The van der Waals surface area contributed by atoms with Crippen LogP contribution < -0.4 is 16.0 Å². The Morgan fingerprint density at radius 1 is 1.38 bits per heavy atom. The molecule has 1 heterocycles. The lowest BCUT2D eigenvalue weighted by Gasteiger charge is -2.07. The lowest BCUT2D eigenvalue weighted by molar-refractivity contribution is 0.309. The van der Waals surface area contributed by atoms with Crippen molar-refractivity contribution in [2.75, 3.05) is 6.61 Å². The van der Waals surface area contributed by atoms with Crippen LogP contribution in [0.3, 0.4) is 0 Å². The number of unbranched alkanes of at least 4 members (excludes halogenated alkanes) is 1. The van der Waals surface area contributed by atoms with Crippen LogP contribution in [-0.2, 0) is 0 Å². The van der Waals surface area contributed by atoms with Gasteiger partial charge in [0.05, 0.1) is 17.9 Å². The summed E-state index contributed by atoms with van der Waals surface area (Å²) in [5.74, 6) is 0.811. The van der Waals surface area contributed by atoms with Crippen LogP contribution in [0, 0.1) is 0 Å². The molecule has 0 atom stereocenters. The number of nitrogens with zero attached hydrogens (tertiary/aromatic N) is 1. The van der Waals surface area contributed by atoms with Crippen molar-refractivity contribution in [3.05, 3.63) is 46.2 Å². The van der Waals surface area contributed by atoms with Gasteiger partial charge in [0.1, 0.15) is 10.7 Å². The summed E-state index contributed by atoms with van der Waals surface area (Å²) in [7, 11) is 0. The molecule has 3 N–H and O–H groups in total. The second-order valence-electron chi connectivity index (χ2n) is 4.59. The zero-order valence-electron chi connectivity index (χ0n) is 11.8. The molecule has 0 spiro atoms. The summed E-state index contributed by atoms with van der Waals surface area (Å²) in [4.78, 5) is 11.6. The number of rotatable bonds is 6. The second kappa shape index (κ2) is 6.99. The number of hydrogen-bond donors (Lipinski definition) is 2. The number of nitrogens with one attached hydrogen (secondary N) is 1. The van der Waals surface area contributed by atoms with Crippen LogP contribution in [0.5, 0.6) is 5.75 Å². The molecule has 0 radical (unpaired) electrons. The summed E-state index contributed by atoms with van der Waals surface area (Å²) in [5, 5.41) is 6.40. The van der Waals surface area contributed by atoms with E-state index in [2.05, 4.69) is 17.1 Å². The first kappa shape index (κ1) is 15.2. The van der Waals surface area contributed by atoms with Gasteiger partial charge >= 0.3 is 0 Å². The number of H-pyrrole nitrogens is 1. The molecule has 0 bridgehead atoms. The van der Waals surface area contributed by atoms with Crippen molar-refractivity contribution in [3.8, 4) is 17.0 Å². The lowest BCUT2D eigenvalue weighted by Crippen LogP contribution is -2.23. The molecule has 0 aliphatic carbocycles. The fourth-order valence-electron chi connectivity index (χ4n) is 1.79. The van der Waals surface area contributed by atoms with Gasteiger partial charge in [-0.15, -0.1) is 0 Å². The molecule has 5 nitrogen and oxygen atoms in total. The average molecular weight is 303 g/mol. The molecular formula is C15H17N3O2S. The minimum Gasteiger partial charge on any atom is -0.494 e. The molecule has 0 saturated carbocycles. The highest BCUT2D eigenvalue weighted by Gasteiger charge is 2.07. The molecule has 0 aliphatic rings. The zero-order chi connectivity index (χ0) is 15.2. The zero-order valence-corrected chi connectivity index (χ0v) is 12.6. The van der Waals surface area contributed by atoms with E-state index in [-0.39, 0.29) is 16.1 Å². The minimum absolute atomic E-state index is 0.0550. The minimum atomic E-state index is -0.384. The molecule has 0 unspecified atom stereocenters. The molecule has 0 saturated heterocycles. The maximum atomic E-state index is 11.5. The molecule has 0 fully saturated rings. The summed E-state index contributed by atoms with van der Waals surface area (Å²) in [6, 6.07) is 9.10. The fourth-order valence-corrected chi connectivity index (χ4v) is 1.94. The van der Waals surface area contributed by atoms with E-state index in [4.69, 9.17) is 22.7 Å². The maximum Gasteiger partial charge on any atom is 0.274 e. The SMILES string of the molecule is CCCCOc1ccc(-c2cc(C(N)=S)c(=O)[nH]n2)cc1. The van der Waals surface area contributed by atoms with E-state index in [1.54, 1.807) is 6.07 Å². The molecule has 0 amide bonds. The van der Waals surface area contributed by atoms with Crippen LogP contribution in [0.4, 0.5) is 0 Å². The highest BCUT2D eigenvalue weighted by Crippen LogP contribution is 2.20. The van der Waals surface area contributed by atoms with Crippen molar-refractivity contribution in [2.45, 2.75) is 19.8 Å². The summed E-state index contributed by atoms with van der Waals surface area (Å²) < 4.78 is 5.60. The summed E-state index contributed by atoms with van der Waals surface area (Å²) in [6.45, 7) is 2.83. The van der Waals surface area contributed by atoms with Gasteiger partial charge in [-0.3, -0.25) is 4.79 Å². The largest absolute Gasteiger partial charge is 0.494 e. The third kappa shape index (κ3) is 3.88. The van der Waals surface area contributed by atoms with Gasteiger partial charge in [-0.1, -0.05) is 25.6 Å². The Morgan fingerprint density at radius 2 is 2.10 bits per heavy atom. The van der Waals surface area contributed by atoms with Crippen molar-refractivity contribution < 1.29 is 4.74 Å². The number of benzene rings is 1. The van der Waals surface area contributed by atoms with E-state index in [0.29, 0.717) is 12.3 Å². The van der Waals surface area contributed by atoms with E-state index in [0.717, 1.165) is 24.2 Å². The highest BCUT2D eigenvalue weighted by atomic mass is 32.1. The normalized spacial score (nSPS) is 10.3. The molecule has 1 aromatic carbocycles. The predicted octanol–water partition coefficient (Wildman–Crippen LogP) is 2.25. The number of hydrogen-bond acceptors (Lipinski definition) is 4. The van der Waals surface area contributed by atoms with Gasteiger partial charge < -0.3 is 10.5 Å². The van der Waals surface area contributed by atoms with Gasteiger partial charge in [-0.25, -0.2) is 5.10 Å². The quantitative estimate of drug-likeness (QED) is 0.632. The third-order valence-corrected chi connectivity index (χ3v) is 3.21. The Balaban J connectivity index is 2.20. The first-order chi connectivity index (χ1) is 10.1. The monoisotopic (exact) mass is 303 g/mol. The summed E-state index contributed by atoms with van der Waals surface area (Å²) in [5.41, 5.74) is 6.86. The second-order valence-corrected chi connectivity index (χ2v) is 5.03. The first-order valence-corrected chi connectivity index (χ1v) is 7.15. The molecule has 2 aromatic rings. The van der Waals surface area contributed by atoms with Gasteiger partial charge in [-0.2, -0.15) is 5.10 Å². The van der Waals surface area contributed by atoms with Crippen LogP contribution in [0.1, 0.15) is 25.3 Å². The van der Waals surface area contributed by atoms with Gasteiger partial charge in [0.2, 0.25) is 0 Å². The van der Waals surface area contributed by atoms with E-state index >= 15 is 0 Å². The number of aromatic nitrogens is 2. The van der Waals surface area contributed by atoms with Gasteiger partial charge in [0.25, 0.3) is 5.56 Å². The molecule has 110 valence electrons. The van der Waals surface area contributed by atoms with Gasteiger partial charge in [0, 0.05) is 5.56 Å². The van der Waals surface area contributed by atoms with Crippen molar-refractivity contribution >= 4 is 17.2 Å².